The van der Waals surface area contributed by atoms with Crippen molar-refractivity contribution in [1.29, 1.82) is 0 Å². The molecule has 0 aromatic heterocycles. The van der Waals surface area contributed by atoms with E-state index in [0.29, 0.717) is 29.9 Å². The second kappa shape index (κ2) is 10.3. The summed E-state index contributed by atoms with van der Waals surface area (Å²) in [6.45, 7) is 8.50. The van der Waals surface area contributed by atoms with E-state index in [-0.39, 0.29) is 17.1 Å². The van der Waals surface area contributed by atoms with Crippen molar-refractivity contribution in [2.45, 2.75) is 53.1 Å². The van der Waals surface area contributed by atoms with E-state index in [1.165, 1.54) is 0 Å². The molecule has 1 atom stereocenters. The van der Waals surface area contributed by atoms with Gasteiger partial charge in [0.25, 0.3) is 5.91 Å². The zero-order chi connectivity index (χ0) is 26.9. The normalized spacial score (nSPS) is 18.5. The highest BCUT2D eigenvalue weighted by Crippen LogP contribution is 2.48. The van der Waals surface area contributed by atoms with Crippen LogP contribution in [0.1, 0.15) is 56.2 Å². The maximum Gasteiger partial charge on any atom is 0.254 e. The second-order valence-corrected chi connectivity index (χ2v) is 11.0. The zero-order valence-electron chi connectivity index (χ0n) is 22.4. The molecule has 5 heteroatoms. The summed E-state index contributed by atoms with van der Waals surface area (Å²) in [6.07, 6.45) is 1.17. The molecule has 3 aromatic carbocycles. The average molecular weight is 507 g/mol. The van der Waals surface area contributed by atoms with Crippen LogP contribution in [0.4, 0.5) is 5.69 Å². The molecule has 0 saturated carbocycles. The minimum absolute atomic E-state index is 0.0697. The van der Waals surface area contributed by atoms with Gasteiger partial charge in [0.2, 0.25) is 0 Å². The average Bonchev–Trinajstić information content (AvgIpc) is 2.88. The molecule has 2 aliphatic rings. The van der Waals surface area contributed by atoms with E-state index < -0.39 is 5.92 Å². The highest BCUT2D eigenvalue weighted by Gasteiger charge is 2.43. The SMILES string of the molecule is CC1=C(C(=O)Nc2ccccc2C)[C@@H](c2ccccc2OCc2ccccc2)C2=C(CC(C)(C)CC2=O)N1. The number of carbonyl (C=O) groups excluding carboxylic acids is 2. The topological polar surface area (TPSA) is 67.4 Å². The van der Waals surface area contributed by atoms with Crippen LogP contribution in [0.5, 0.6) is 5.75 Å². The number of ketones is 1. The Kier molecular flexibility index (Phi) is 6.94. The van der Waals surface area contributed by atoms with Crippen LogP contribution < -0.4 is 15.4 Å². The molecule has 1 aliphatic carbocycles. The fraction of sp³-hybridized carbons (Fsp3) is 0.273. The first-order valence-corrected chi connectivity index (χ1v) is 13.1. The lowest BCUT2D eigenvalue weighted by Gasteiger charge is -2.40. The van der Waals surface area contributed by atoms with Crippen LogP contribution in [-0.2, 0) is 16.2 Å². The quantitative estimate of drug-likeness (QED) is 0.385. The molecule has 0 fully saturated rings. The van der Waals surface area contributed by atoms with Gasteiger partial charge in [0.15, 0.2) is 5.78 Å². The van der Waals surface area contributed by atoms with E-state index in [1.807, 2.05) is 92.7 Å². The first kappa shape index (κ1) is 25.5. The van der Waals surface area contributed by atoms with Gasteiger partial charge in [-0.1, -0.05) is 80.6 Å². The summed E-state index contributed by atoms with van der Waals surface area (Å²) >= 11 is 0. The monoisotopic (exact) mass is 506 g/mol. The fourth-order valence-corrected chi connectivity index (χ4v) is 5.54. The van der Waals surface area contributed by atoms with Gasteiger partial charge in [-0.3, -0.25) is 9.59 Å². The third-order valence-corrected chi connectivity index (χ3v) is 7.34. The smallest absolute Gasteiger partial charge is 0.254 e. The number of hydrogen-bond acceptors (Lipinski definition) is 4. The number of ether oxygens (including phenoxy) is 1. The molecule has 2 N–H and O–H groups in total. The van der Waals surface area contributed by atoms with Crippen molar-refractivity contribution in [3.05, 3.63) is 118 Å². The van der Waals surface area contributed by atoms with Crippen LogP contribution >= 0.6 is 0 Å². The summed E-state index contributed by atoms with van der Waals surface area (Å²) in [5.41, 5.74) is 6.30. The Morgan fingerprint density at radius 1 is 0.947 bits per heavy atom. The Balaban J connectivity index is 1.59. The minimum atomic E-state index is -0.536. The lowest BCUT2D eigenvalue weighted by molar-refractivity contribution is -0.118. The Bertz CT molecular complexity index is 1450. The van der Waals surface area contributed by atoms with Crippen LogP contribution in [0.15, 0.2) is 101 Å². The number of benzene rings is 3. The van der Waals surface area contributed by atoms with E-state index in [9.17, 15) is 9.59 Å². The number of dihydropyridines is 1. The molecule has 0 bridgehead atoms. The Morgan fingerprint density at radius 3 is 2.39 bits per heavy atom. The standard InChI is InChI=1S/C33H34N2O3/c1-21-12-8-10-16-25(21)35-32(37)29-22(2)34-26-18-33(3,4)19-27(36)31(26)30(29)24-15-9-11-17-28(24)38-20-23-13-6-5-7-14-23/h5-17,30,34H,18-20H2,1-4H3,(H,35,37)/t30-/m1/s1. The van der Waals surface area contributed by atoms with Gasteiger partial charge in [-0.2, -0.15) is 0 Å². The first-order valence-electron chi connectivity index (χ1n) is 13.1. The van der Waals surface area contributed by atoms with Gasteiger partial charge in [0, 0.05) is 40.2 Å². The number of anilines is 1. The molecule has 38 heavy (non-hydrogen) atoms. The van der Waals surface area contributed by atoms with Gasteiger partial charge in [-0.15, -0.1) is 0 Å². The van der Waals surface area contributed by atoms with Crippen LogP contribution in [0.25, 0.3) is 0 Å². The summed E-state index contributed by atoms with van der Waals surface area (Å²) in [5.74, 6) is -0.0239. The van der Waals surface area contributed by atoms with Crippen LogP contribution in [0.3, 0.4) is 0 Å². The Morgan fingerprint density at radius 2 is 1.63 bits per heavy atom. The second-order valence-electron chi connectivity index (χ2n) is 11.0. The van der Waals surface area contributed by atoms with E-state index in [0.717, 1.165) is 40.2 Å². The number of rotatable bonds is 6. The Hall–Kier alpha value is -4.12. The van der Waals surface area contributed by atoms with E-state index in [1.54, 1.807) is 0 Å². The third kappa shape index (κ3) is 5.14. The van der Waals surface area contributed by atoms with E-state index in [4.69, 9.17) is 4.74 Å². The van der Waals surface area contributed by atoms with Crippen molar-refractivity contribution in [3.63, 3.8) is 0 Å². The number of carbonyl (C=O) groups is 2. The van der Waals surface area contributed by atoms with Gasteiger partial charge in [0.05, 0.1) is 5.92 Å². The number of Topliss-reactive ketones (excluding diaryl/α,β-unsaturated/α-hetero) is 1. The maximum absolute atomic E-state index is 13.9. The molecule has 1 heterocycles. The van der Waals surface area contributed by atoms with Crippen molar-refractivity contribution in [1.82, 2.24) is 5.32 Å². The lowest BCUT2D eigenvalue weighted by Crippen LogP contribution is -2.39. The van der Waals surface area contributed by atoms with Crippen molar-refractivity contribution in [3.8, 4) is 5.75 Å². The summed E-state index contributed by atoms with van der Waals surface area (Å²) in [4.78, 5) is 27.6. The molecule has 0 saturated heterocycles. The van der Waals surface area contributed by atoms with Crippen LogP contribution in [0, 0.1) is 12.3 Å². The van der Waals surface area contributed by atoms with Gasteiger partial charge < -0.3 is 15.4 Å². The van der Waals surface area contributed by atoms with E-state index >= 15 is 0 Å². The minimum Gasteiger partial charge on any atom is -0.489 e. The molecule has 5 rings (SSSR count). The number of para-hydroxylation sites is 2. The highest BCUT2D eigenvalue weighted by atomic mass is 16.5. The van der Waals surface area contributed by atoms with Crippen molar-refractivity contribution in [2.75, 3.05) is 5.32 Å². The van der Waals surface area contributed by atoms with Crippen LogP contribution in [-0.4, -0.2) is 11.7 Å². The number of hydrogen-bond donors (Lipinski definition) is 2. The molecular formula is C33H34N2O3. The van der Waals surface area contributed by atoms with Crippen LogP contribution in [0.2, 0.25) is 0 Å². The number of aryl methyl sites for hydroxylation is 1. The fourth-order valence-electron chi connectivity index (χ4n) is 5.54. The highest BCUT2D eigenvalue weighted by molar-refractivity contribution is 6.10. The maximum atomic E-state index is 13.9. The number of amides is 1. The first-order chi connectivity index (χ1) is 18.2. The molecule has 194 valence electrons. The van der Waals surface area contributed by atoms with Gasteiger partial charge >= 0.3 is 0 Å². The lowest BCUT2D eigenvalue weighted by atomic mass is 9.68. The van der Waals surface area contributed by atoms with Crippen molar-refractivity contribution >= 4 is 17.4 Å². The molecule has 1 aliphatic heterocycles. The predicted molar refractivity (Wildman–Crippen MR) is 151 cm³/mol. The molecule has 0 spiro atoms. The summed E-state index contributed by atoms with van der Waals surface area (Å²) in [6, 6.07) is 25.5. The number of nitrogens with one attached hydrogen (secondary N) is 2. The molecule has 3 aromatic rings. The largest absolute Gasteiger partial charge is 0.489 e. The molecular weight excluding hydrogens is 472 g/mol. The summed E-state index contributed by atoms with van der Waals surface area (Å²) in [7, 11) is 0. The Labute approximate surface area is 224 Å². The van der Waals surface area contributed by atoms with Gasteiger partial charge in [-0.25, -0.2) is 0 Å². The van der Waals surface area contributed by atoms with Gasteiger partial charge in [-0.05, 0) is 48.9 Å². The predicted octanol–water partition coefficient (Wildman–Crippen LogP) is 6.82. The molecule has 0 unspecified atom stereocenters. The van der Waals surface area contributed by atoms with Crippen molar-refractivity contribution < 1.29 is 14.3 Å². The van der Waals surface area contributed by atoms with E-state index in [2.05, 4.69) is 24.5 Å². The molecule has 5 nitrogen and oxygen atoms in total. The summed E-state index contributed by atoms with van der Waals surface area (Å²) in [5, 5.41) is 6.55. The molecule has 0 radical (unpaired) electrons. The third-order valence-electron chi connectivity index (χ3n) is 7.34. The van der Waals surface area contributed by atoms with Gasteiger partial charge in [0.1, 0.15) is 12.4 Å². The summed E-state index contributed by atoms with van der Waals surface area (Å²) < 4.78 is 6.32. The number of allylic oxidation sites excluding steroid dienone is 3. The van der Waals surface area contributed by atoms with Crippen molar-refractivity contribution in [2.24, 2.45) is 5.41 Å². The zero-order valence-corrected chi connectivity index (χ0v) is 22.4. The molecule has 1 amide bonds.